The van der Waals surface area contributed by atoms with Gasteiger partial charge in [-0.3, -0.25) is 4.98 Å². The van der Waals surface area contributed by atoms with E-state index in [0.717, 1.165) is 5.56 Å². The molecule has 0 saturated heterocycles. The minimum atomic E-state index is 0.329. The van der Waals surface area contributed by atoms with Gasteiger partial charge >= 0.3 is 0 Å². The molecule has 2 rings (SSSR count). The summed E-state index contributed by atoms with van der Waals surface area (Å²) in [5, 5.41) is 10.1. The molecule has 0 fully saturated rings. The van der Waals surface area contributed by atoms with Gasteiger partial charge < -0.3 is 0 Å². The maximum atomic E-state index is 8.87. The van der Waals surface area contributed by atoms with Crippen LogP contribution in [0.25, 0.3) is 11.1 Å². The van der Waals surface area contributed by atoms with Crippen molar-refractivity contribution < 1.29 is 0 Å². The Labute approximate surface area is 113 Å². The van der Waals surface area contributed by atoms with E-state index in [1.807, 2.05) is 6.07 Å². The van der Waals surface area contributed by atoms with Gasteiger partial charge in [0.2, 0.25) is 0 Å². The molecule has 0 atom stereocenters. The maximum absolute atomic E-state index is 8.87. The van der Waals surface area contributed by atoms with Crippen molar-refractivity contribution in [2.24, 2.45) is 0 Å². The molecule has 0 saturated carbocycles. The smallest absolute Gasteiger partial charge is 0.102 e. The SMILES string of the molecule is N#Cc1cncc(-c2ccc(Cl)c(Cl)c2)c1Cl. The standard InChI is InChI=1S/C12H5Cl3N2/c13-10-2-1-7(3-11(10)14)9-6-17-5-8(4-16)12(9)15/h1-3,5-6H. The van der Waals surface area contributed by atoms with Crippen molar-refractivity contribution in [3.05, 3.63) is 51.2 Å². The van der Waals surface area contributed by atoms with Crippen LogP contribution < -0.4 is 0 Å². The fraction of sp³-hybridized carbons (Fsp3) is 0. The molecule has 17 heavy (non-hydrogen) atoms. The number of nitrogens with zero attached hydrogens (tertiary/aromatic N) is 2. The Morgan fingerprint density at radius 1 is 1.06 bits per heavy atom. The van der Waals surface area contributed by atoms with E-state index in [0.29, 0.717) is 26.2 Å². The zero-order valence-electron chi connectivity index (χ0n) is 8.42. The summed E-state index contributed by atoms with van der Waals surface area (Å²) in [5.41, 5.74) is 1.76. The Bertz CT molecular complexity index is 618. The Morgan fingerprint density at radius 2 is 1.82 bits per heavy atom. The van der Waals surface area contributed by atoms with Gasteiger partial charge in [-0.1, -0.05) is 40.9 Å². The highest BCUT2D eigenvalue weighted by Gasteiger charge is 2.09. The average Bonchev–Trinajstić information content (AvgIpc) is 2.33. The molecular formula is C12H5Cl3N2. The molecule has 2 nitrogen and oxygen atoms in total. The number of nitriles is 1. The monoisotopic (exact) mass is 282 g/mol. The lowest BCUT2D eigenvalue weighted by Crippen LogP contribution is -1.86. The van der Waals surface area contributed by atoms with Crippen LogP contribution in [0.1, 0.15) is 5.56 Å². The second kappa shape index (κ2) is 4.93. The average molecular weight is 284 g/mol. The van der Waals surface area contributed by atoms with Gasteiger partial charge in [0.1, 0.15) is 6.07 Å². The number of halogens is 3. The fourth-order valence-electron chi connectivity index (χ4n) is 1.39. The number of benzene rings is 1. The Balaban J connectivity index is 2.61. The van der Waals surface area contributed by atoms with Gasteiger partial charge in [0.25, 0.3) is 0 Å². The molecular weight excluding hydrogens is 279 g/mol. The van der Waals surface area contributed by atoms with Gasteiger partial charge in [-0.25, -0.2) is 0 Å². The van der Waals surface area contributed by atoms with Gasteiger partial charge in [-0.15, -0.1) is 0 Å². The molecule has 1 heterocycles. The topological polar surface area (TPSA) is 36.7 Å². The minimum absolute atomic E-state index is 0.329. The van der Waals surface area contributed by atoms with Crippen LogP contribution in [0.5, 0.6) is 0 Å². The second-order valence-electron chi connectivity index (χ2n) is 3.29. The Kier molecular flexibility index (Phi) is 3.54. The summed E-state index contributed by atoms with van der Waals surface area (Å²) >= 11 is 17.9. The summed E-state index contributed by atoms with van der Waals surface area (Å²) in [4.78, 5) is 3.96. The predicted octanol–water partition coefficient (Wildman–Crippen LogP) is 4.58. The first-order chi connectivity index (χ1) is 8.13. The molecule has 0 amide bonds. The predicted molar refractivity (Wildman–Crippen MR) is 69.4 cm³/mol. The van der Waals surface area contributed by atoms with E-state index in [1.54, 1.807) is 24.4 Å². The molecule has 84 valence electrons. The molecule has 0 unspecified atom stereocenters. The van der Waals surface area contributed by atoms with E-state index in [-0.39, 0.29) is 0 Å². The molecule has 5 heteroatoms. The molecule has 1 aromatic heterocycles. The van der Waals surface area contributed by atoms with Gasteiger partial charge in [-0.2, -0.15) is 5.26 Å². The van der Waals surface area contributed by atoms with E-state index in [4.69, 9.17) is 40.1 Å². The summed E-state index contributed by atoms with van der Waals surface area (Å²) < 4.78 is 0. The quantitative estimate of drug-likeness (QED) is 0.768. The largest absolute Gasteiger partial charge is 0.263 e. The van der Waals surface area contributed by atoms with Crippen LogP contribution >= 0.6 is 34.8 Å². The number of hydrogen-bond acceptors (Lipinski definition) is 2. The zero-order chi connectivity index (χ0) is 12.4. The van der Waals surface area contributed by atoms with Gasteiger partial charge in [0.05, 0.1) is 20.6 Å². The van der Waals surface area contributed by atoms with E-state index in [2.05, 4.69) is 4.98 Å². The fourth-order valence-corrected chi connectivity index (χ4v) is 1.93. The van der Waals surface area contributed by atoms with Crippen molar-refractivity contribution in [2.45, 2.75) is 0 Å². The van der Waals surface area contributed by atoms with Gasteiger partial charge in [0.15, 0.2) is 0 Å². The molecule has 0 aliphatic heterocycles. The second-order valence-corrected chi connectivity index (χ2v) is 4.48. The summed E-state index contributed by atoms with van der Waals surface area (Å²) in [6.45, 7) is 0. The first-order valence-electron chi connectivity index (χ1n) is 4.62. The molecule has 0 aliphatic carbocycles. The van der Waals surface area contributed by atoms with E-state index < -0.39 is 0 Å². The Hall–Kier alpha value is -1.27. The molecule has 1 aromatic carbocycles. The molecule has 0 radical (unpaired) electrons. The highest BCUT2D eigenvalue weighted by atomic mass is 35.5. The number of rotatable bonds is 1. The first-order valence-corrected chi connectivity index (χ1v) is 5.76. The lowest BCUT2D eigenvalue weighted by atomic mass is 10.1. The van der Waals surface area contributed by atoms with Crippen molar-refractivity contribution in [2.75, 3.05) is 0 Å². The van der Waals surface area contributed by atoms with Crippen LogP contribution in [0, 0.1) is 11.3 Å². The Morgan fingerprint density at radius 3 is 2.47 bits per heavy atom. The lowest BCUT2D eigenvalue weighted by molar-refractivity contribution is 1.30. The molecule has 0 N–H and O–H groups in total. The summed E-state index contributed by atoms with van der Waals surface area (Å²) in [6.07, 6.45) is 3.01. The molecule has 0 bridgehead atoms. The van der Waals surface area contributed by atoms with Crippen molar-refractivity contribution in [3.8, 4) is 17.2 Å². The summed E-state index contributed by atoms with van der Waals surface area (Å²) in [6, 6.07) is 7.12. The van der Waals surface area contributed by atoms with Crippen LogP contribution in [0.15, 0.2) is 30.6 Å². The first kappa shape index (κ1) is 12.2. The third-order valence-corrected chi connectivity index (χ3v) is 3.38. The van der Waals surface area contributed by atoms with Crippen molar-refractivity contribution >= 4 is 34.8 Å². The van der Waals surface area contributed by atoms with Gasteiger partial charge in [0, 0.05) is 18.0 Å². The third-order valence-electron chi connectivity index (χ3n) is 2.23. The lowest BCUT2D eigenvalue weighted by Gasteiger charge is -2.06. The van der Waals surface area contributed by atoms with Crippen LogP contribution in [0.3, 0.4) is 0 Å². The van der Waals surface area contributed by atoms with Gasteiger partial charge in [-0.05, 0) is 17.7 Å². The van der Waals surface area contributed by atoms with Crippen molar-refractivity contribution in [3.63, 3.8) is 0 Å². The van der Waals surface area contributed by atoms with Crippen LogP contribution in [-0.4, -0.2) is 4.98 Å². The highest BCUT2D eigenvalue weighted by molar-refractivity contribution is 6.42. The van der Waals surface area contributed by atoms with Crippen molar-refractivity contribution in [1.29, 1.82) is 5.26 Å². The van der Waals surface area contributed by atoms with E-state index >= 15 is 0 Å². The summed E-state index contributed by atoms with van der Waals surface area (Å²) in [7, 11) is 0. The number of hydrogen-bond donors (Lipinski definition) is 0. The summed E-state index contributed by atoms with van der Waals surface area (Å²) in [5.74, 6) is 0. The van der Waals surface area contributed by atoms with Crippen LogP contribution in [0.2, 0.25) is 15.1 Å². The zero-order valence-corrected chi connectivity index (χ0v) is 10.7. The normalized spacial score (nSPS) is 10.0. The van der Waals surface area contributed by atoms with Crippen LogP contribution in [-0.2, 0) is 0 Å². The number of pyridine rings is 1. The van der Waals surface area contributed by atoms with E-state index in [9.17, 15) is 0 Å². The minimum Gasteiger partial charge on any atom is -0.263 e. The van der Waals surface area contributed by atoms with Crippen LogP contribution in [0.4, 0.5) is 0 Å². The highest BCUT2D eigenvalue weighted by Crippen LogP contribution is 2.33. The number of aromatic nitrogens is 1. The molecule has 0 aliphatic rings. The van der Waals surface area contributed by atoms with E-state index in [1.165, 1.54) is 6.20 Å². The van der Waals surface area contributed by atoms with Crippen molar-refractivity contribution in [1.82, 2.24) is 4.98 Å². The molecule has 2 aromatic rings. The third kappa shape index (κ3) is 2.37. The molecule has 0 spiro atoms. The maximum Gasteiger partial charge on any atom is 0.102 e.